The minimum atomic E-state index is -0.296. The molecule has 1 aliphatic carbocycles. The smallest absolute Gasteiger partial charge is 0.256 e. The predicted molar refractivity (Wildman–Crippen MR) is 118 cm³/mol. The summed E-state index contributed by atoms with van der Waals surface area (Å²) in [6.07, 6.45) is 4.12. The first-order valence-corrected chi connectivity index (χ1v) is 11.5. The third kappa shape index (κ3) is 3.35. The molecule has 2 aliphatic rings. The van der Waals surface area contributed by atoms with E-state index in [4.69, 9.17) is 4.74 Å². The van der Waals surface area contributed by atoms with Crippen molar-refractivity contribution in [1.82, 2.24) is 5.32 Å². The van der Waals surface area contributed by atoms with Gasteiger partial charge in [0.25, 0.3) is 5.91 Å². The Balaban J connectivity index is 1.66. The minimum Gasteiger partial charge on any atom is -0.496 e. The van der Waals surface area contributed by atoms with E-state index in [1.807, 2.05) is 18.2 Å². The highest BCUT2D eigenvalue weighted by Crippen LogP contribution is 2.47. The molecule has 28 heavy (non-hydrogen) atoms. The van der Waals surface area contributed by atoms with E-state index >= 15 is 0 Å². The van der Waals surface area contributed by atoms with Gasteiger partial charge in [-0.05, 0) is 54.4 Å². The molecule has 0 radical (unpaired) electrons. The Hall–Kier alpha value is -1.53. The van der Waals surface area contributed by atoms with Gasteiger partial charge in [-0.1, -0.05) is 43.1 Å². The number of halogens is 1. The summed E-state index contributed by atoms with van der Waals surface area (Å²) in [5.41, 5.74) is 3.38. The molecule has 1 aromatic heterocycles. The monoisotopic (exact) mass is 462 g/mol. The largest absolute Gasteiger partial charge is 0.496 e. The summed E-state index contributed by atoms with van der Waals surface area (Å²) in [6, 6.07) is 5.85. The van der Waals surface area contributed by atoms with Gasteiger partial charge in [-0.15, -0.1) is 11.3 Å². The molecule has 2 atom stereocenters. The number of hydrogen-bond acceptors (Lipinski definition) is 4. The molecule has 6 heteroatoms. The Morgan fingerprint density at radius 3 is 2.82 bits per heavy atom. The fourth-order valence-electron chi connectivity index (χ4n) is 4.34. The maximum Gasteiger partial charge on any atom is 0.256 e. The van der Waals surface area contributed by atoms with Crippen molar-refractivity contribution >= 4 is 38.2 Å². The van der Waals surface area contributed by atoms with Gasteiger partial charge in [0.1, 0.15) is 16.9 Å². The molecular weight excluding hydrogens is 436 g/mol. The quantitative estimate of drug-likeness (QED) is 0.592. The van der Waals surface area contributed by atoms with Gasteiger partial charge in [0, 0.05) is 14.9 Å². The lowest BCUT2D eigenvalue weighted by Gasteiger charge is -2.36. The van der Waals surface area contributed by atoms with Crippen LogP contribution in [0.25, 0.3) is 0 Å². The standard InChI is InChI=1S/C22H27BrN2O2S/c1-5-22(2,3)12-6-8-14-17(10-12)28-21-18(14)20(26)24-19(25-21)15-11-13(23)7-9-16(15)27-4/h7,9,11-12,19,25H,5-6,8,10H2,1-4H3,(H,24,26)/t12-,19-/m0/s1. The maximum absolute atomic E-state index is 13.0. The van der Waals surface area contributed by atoms with E-state index in [1.165, 1.54) is 16.9 Å². The lowest BCUT2D eigenvalue weighted by Crippen LogP contribution is -2.38. The zero-order chi connectivity index (χ0) is 20.1. The van der Waals surface area contributed by atoms with Gasteiger partial charge >= 0.3 is 0 Å². The number of carbonyl (C=O) groups is 1. The summed E-state index contributed by atoms with van der Waals surface area (Å²) in [5.74, 6) is 1.45. The van der Waals surface area contributed by atoms with Gasteiger partial charge in [0.2, 0.25) is 0 Å². The van der Waals surface area contributed by atoms with E-state index in [0.717, 1.165) is 45.6 Å². The van der Waals surface area contributed by atoms with Gasteiger partial charge in [-0.2, -0.15) is 0 Å². The van der Waals surface area contributed by atoms with Crippen molar-refractivity contribution in [2.24, 2.45) is 11.3 Å². The van der Waals surface area contributed by atoms with Crippen molar-refractivity contribution < 1.29 is 9.53 Å². The summed E-state index contributed by atoms with van der Waals surface area (Å²) in [6.45, 7) is 7.02. The Kier molecular flexibility index (Phi) is 5.21. The number of carbonyl (C=O) groups excluding carboxylic acids is 1. The molecule has 0 spiro atoms. The third-order valence-electron chi connectivity index (χ3n) is 6.56. The molecule has 1 aromatic carbocycles. The number of benzene rings is 1. The van der Waals surface area contributed by atoms with Gasteiger partial charge < -0.3 is 15.4 Å². The molecular formula is C22H27BrN2O2S. The maximum atomic E-state index is 13.0. The summed E-state index contributed by atoms with van der Waals surface area (Å²) in [5, 5.41) is 7.69. The van der Waals surface area contributed by atoms with Crippen LogP contribution in [0, 0.1) is 11.3 Å². The first kappa shape index (κ1) is 19.8. The highest BCUT2D eigenvalue weighted by atomic mass is 79.9. The predicted octanol–water partition coefficient (Wildman–Crippen LogP) is 5.91. The molecule has 0 saturated heterocycles. The fraction of sp³-hybridized carbons (Fsp3) is 0.500. The van der Waals surface area contributed by atoms with Crippen LogP contribution in [0.5, 0.6) is 5.75 Å². The lowest BCUT2D eigenvalue weighted by atomic mass is 9.69. The summed E-state index contributed by atoms with van der Waals surface area (Å²) in [4.78, 5) is 14.4. The Labute approximate surface area is 179 Å². The average Bonchev–Trinajstić information content (AvgIpc) is 3.06. The van der Waals surface area contributed by atoms with Crippen LogP contribution >= 0.6 is 27.3 Å². The molecule has 150 valence electrons. The molecule has 2 N–H and O–H groups in total. The number of hydrogen-bond donors (Lipinski definition) is 2. The number of rotatable bonds is 4. The van der Waals surface area contributed by atoms with E-state index in [-0.39, 0.29) is 12.1 Å². The zero-order valence-corrected chi connectivity index (χ0v) is 19.2. The number of thiophene rings is 1. The van der Waals surface area contributed by atoms with Gasteiger partial charge in [0.05, 0.1) is 12.7 Å². The van der Waals surface area contributed by atoms with Crippen molar-refractivity contribution in [1.29, 1.82) is 0 Å². The SMILES string of the molecule is CCC(C)(C)[C@H]1CCc2c(sc3c2C(=O)N[C@H](c2cc(Br)ccc2OC)N3)C1. The first-order chi connectivity index (χ1) is 13.3. The number of anilines is 1. The zero-order valence-electron chi connectivity index (χ0n) is 16.8. The normalized spacial score (nSPS) is 21.4. The van der Waals surface area contributed by atoms with Crippen molar-refractivity contribution in [3.63, 3.8) is 0 Å². The van der Waals surface area contributed by atoms with Crippen LogP contribution in [-0.4, -0.2) is 13.0 Å². The van der Waals surface area contributed by atoms with Crippen LogP contribution in [0.3, 0.4) is 0 Å². The van der Waals surface area contributed by atoms with Gasteiger partial charge in [-0.3, -0.25) is 4.79 Å². The van der Waals surface area contributed by atoms with E-state index in [1.54, 1.807) is 18.4 Å². The second-order valence-electron chi connectivity index (χ2n) is 8.43. The van der Waals surface area contributed by atoms with E-state index in [2.05, 4.69) is 47.3 Å². The third-order valence-corrected chi connectivity index (χ3v) is 8.24. The van der Waals surface area contributed by atoms with Crippen molar-refractivity contribution in [3.05, 3.63) is 44.2 Å². The molecule has 0 bridgehead atoms. The van der Waals surface area contributed by atoms with Crippen LogP contribution in [0.1, 0.15) is 66.1 Å². The highest BCUT2D eigenvalue weighted by molar-refractivity contribution is 9.10. The topological polar surface area (TPSA) is 50.4 Å². The molecule has 0 unspecified atom stereocenters. The van der Waals surface area contributed by atoms with Crippen LogP contribution in [-0.2, 0) is 12.8 Å². The molecule has 1 amide bonds. The molecule has 0 saturated carbocycles. The van der Waals surface area contributed by atoms with Crippen LogP contribution in [0.15, 0.2) is 22.7 Å². The molecule has 0 fully saturated rings. The van der Waals surface area contributed by atoms with Crippen LogP contribution in [0.4, 0.5) is 5.00 Å². The number of amides is 1. The van der Waals surface area contributed by atoms with Crippen LogP contribution < -0.4 is 15.4 Å². The summed E-state index contributed by atoms with van der Waals surface area (Å²) < 4.78 is 6.47. The second-order valence-corrected chi connectivity index (χ2v) is 10.4. The number of methoxy groups -OCH3 is 1. The fourth-order valence-corrected chi connectivity index (χ4v) is 6.07. The lowest BCUT2D eigenvalue weighted by molar-refractivity contribution is 0.0934. The first-order valence-electron chi connectivity index (χ1n) is 9.89. The Morgan fingerprint density at radius 1 is 1.32 bits per heavy atom. The molecule has 1 aliphatic heterocycles. The van der Waals surface area contributed by atoms with E-state index < -0.39 is 0 Å². The van der Waals surface area contributed by atoms with Crippen molar-refractivity contribution in [2.75, 3.05) is 12.4 Å². The van der Waals surface area contributed by atoms with Crippen molar-refractivity contribution in [2.45, 2.75) is 52.6 Å². The van der Waals surface area contributed by atoms with Crippen molar-refractivity contribution in [3.8, 4) is 5.75 Å². The number of nitrogens with one attached hydrogen (secondary N) is 2. The van der Waals surface area contributed by atoms with E-state index in [0.29, 0.717) is 11.3 Å². The average molecular weight is 463 g/mol. The Bertz CT molecular complexity index is 922. The van der Waals surface area contributed by atoms with Gasteiger partial charge in [-0.25, -0.2) is 0 Å². The number of ether oxygens (including phenoxy) is 1. The Morgan fingerprint density at radius 2 is 2.11 bits per heavy atom. The number of fused-ring (bicyclic) bond motifs is 3. The minimum absolute atomic E-state index is 0.0199. The highest BCUT2D eigenvalue weighted by Gasteiger charge is 2.37. The van der Waals surface area contributed by atoms with Crippen LogP contribution in [0.2, 0.25) is 0 Å². The molecule has 2 heterocycles. The summed E-state index contributed by atoms with van der Waals surface area (Å²) >= 11 is 5.29. The van der Waals surface area contributed by atoms with E-state index in [9.17, 15) is 4.79 Å². The second kappa shape index (κ2) is 7.38. The molecule has 4 rings (SSSR count). The molecule has 2 aromatic rings. The van der Waals surface area contributed by atoms with Gasteiger partial charge in [0.15, 0.2) is 0 Å². The summed E-state index contributed by atoms with van der Waals surface area (Å²) in [7, 11) is 1.66. The molecule has 4 nitrogen and oxygen atoms in total.